The molecule has 8 heteroatoms. The standard InChI is InChI=1S/C3H3Cl2F3NOP/c1-11(4,5)9-2(10)3(6,7)8/h1H3. The van der Waals surface area contributed by atoms with Crippen LogP contribution in [0.15, 0.2) is 4.74 Å². The topological polar surface area (TPSA) is 29.4 Å². The molecule has 0 aromatic heterocycles. The first-order chi connectivity index (χ1) is 4.63. The van der Waals surface area contributed by atoms with Crippen LogP contribution in [0.2, 0.25) is 0 Å². The summed E-state index contributed by atoms with van der Waals surface area (Å²) in [5, 5.41) is 0. The van der Waals surface area contributed by atoms with Gasteiger partial charge in [0, 0.05) is 0 Å². The van der Waals surface area contributed by atoms with Gasteiger partial charge in [-0.1, -0.05) is 22.5 Å². The summed E-state index contributed by atoms with van der Waals surface area (Å²) in [6.45, 7) is 1.07. The molecule has 0 radical (unpaired) electrons. The number of carbonyl (C=O) groups is 1. The van der Waals surface area contributed by atoms with Crippen LogP contribution in [-0.2, 0) is 4.79 Å². The highest BCUT2D eigenvalue weighted by molar-refractivity contribution is 8.09. The third-order valence-electron chi connectivity index (χ3n) is 0.509. The monoisotopic (exact) mass is 227 g/mol. The van der Waals surface area contributed by atoms with Gasteiger partial charge in [-0.2, -0.15) is 17.9 Å². The molecule has 0 aliphatic rings. The van der Waals surface area contributed by atoms with Gasteiger partial charge in [-0.05, 0) is 6.66 Å². The van der Waals surface area contributed by atoms with Crippen molar-refractivity contribution in [2.24, 2.45) is 4.74 Å². The lowest BCUT2D eigenvalue weighted by atomic mass is 10.6. The quantitative estimate of drug-likeness (QED) is 0.585. The number of rotatable bonds is 0. The molecule has 66 valence electrons. The molecule has 1 amide bonds. The Morgan fingerprint density at radius 2 is 1.82 bits per heavy atom. The Labute approximate surface area is 70.3 Å². The van der Waals surface area contributed by atoms with E-state index in [1.165, 1.54) is 0 Å². The third-order valence-corrected chi connectivity index (χ3v) is 1.50. The highest BCUT2D eigenvalue weighted by Crippen LogP contribution is 2.56. The molecule has 2 nitrogen and oxygen atoms in total. The molecule has 0 heterocycles. The van der Waals surface area contributed by atoms with Gasteiger partial charge in [-0.25, -0.2) is 0 Å². The summed E-state index contributed by atoms with van der Waals surface area (Å²) < 4.78 is 36.9. The first kappa shape index (κ1) is 11.3. The maximum atomic E-state index is 11.4. The molecule has 0 aliphatic carbocycles. The number of amides is 1. The number of halogens is 5. The molecule has 0 unspecified atom stereocenters. The van der Waals surface area contributed by atoms with E-state index in [1.54, 1.807) is 0 Å². The number of alkyl halides is 3. The van der Waals surface area contributed by atoms with E-state index in [2.05, 4.69) is 4.74 Å². The largest absolute Gasteiger partial charge is 0.473 e. The van der Waals surface area contributed by atoms with Crippen molar-refractivity contribution in [2.75, 3.05) is 6.66 Å². The van der Waals surface area contributed by atoms with E-state index >= 15 is 0 Å². The minimum absolute atomic E-state index is 1.07. The molecule has 0 aliphatic heterocycles. The Morgan fingerprint density at radius 1 is 1.45 bits per heavy atom. The van der Waals surface area contributed by atoms with Crippen molar-refractivity contribution in [1.29, 1.82) is 0 Å². The van der Waals surface area contributed by atoms with Gasteiger partial charge in [0.15, 0.2) is 0 Å². The van der Waals surface area contributed by atoms with Gasteiger partial charge in [0.05, 0.1) is 0 Å². The highest BCUT2D eigenvalue weighted by atomic mass is 35.9. The fourth-order valence-corrected chi connectivity index (χ4v) is 1.06. The Kier molecular flexibility index (Phi) is 3.42. The smallest absolute Gasteiger partial charge is 0.262 e. The van der Waals surface area contributed by atoms with Crippen LogP contribution in [0.1, 0.15) is 0 Å². The molecule has 0 fully saturated rings. The van der Waals surface area contributed by atoms with Gasteiger partial charge >= 0.3 is 12.1 Å². The van der Waals surface area contributed by atoms with Gasteiger partial charge in [0.2, 0.25) is 0 Å². The van der Waals surface area contributed by atoms with Crippen molar-refractivity contribution in [3.05, 3.63) is 0 Å². The fraction of sp³-hybridized carbons (Fsp3) is 0.667. The number of hydrogen-bond acceptors (Lipinski definition) is 1. The maximum absolute atomic E-state index is 11.4. The Balaban J connectivity index is 4.58. The third kappa shape index (κ3) is 5.53. The lowest BCUT2D eigenvalue weighted by Gasteiger charge is -2.02. The molecular weight excluding hydrogens is 225 g/mol. The van der Waals surface area contributed by atoms with E-state index < -0.39 is 17.8 Å². The van der Waals surface area contributed by atoms with Crippen molar-refractivity contribution in [3.8, 4) is 0 Å². The Morgan fingerprint density at radius 3 is 1.91 bits per heavy atom. The van der Waals surface area contributed by atoms with Crippen molar-refractivity contribution in [1.82, 2.24) is 0 Å². The van der Waals surface area contributed by atoms with E-state index in [0.29, 0.717) is 0 Å². The van der Waals surface area contributed by atoms with Gasteiger partial charge in [0.25, 0.3) is 0 Å². The average molecular weight is 228 g/mol. The second kappa shape index (κ2) is 3.33. The number of carbonyl (C=O) groups excluding carboxylic acids is 1. The lowest BCUT2D eigenvalue weighted by molar-refractivity contribution is -0.169. The second-order valence-corrected chi connectivity index (χ2v) is 7.83. The predicted molar refractivity (Wildman–Crippen MR) is 38.0 cm³/mol. The van der Waals surface area contributed by atoms with E-state index in [9.17, 15) is 18.0 Å². The highest BCUT2D eigenvalue weighted by Gasteiger charge is 2.39. The molecular formula is C3H3Cl2F3NOP. The van der Waals surface area contributed by atoms with Crippen LogP contribution < -0.4 is 0 Å². The van der Waals surface area contributed by atoms with Crippen LogP contribution in [0, 0.1) is 0 Å². The van der Waals surface area contributed by atoms with E-state index in [0.717, 1.165) is 6.66 Å². The normalized spacial score (nSPS) is 12.9. The van der Waals surface area contributed by atoms with Crippen molar-refractivity contribution < 1.29 is 18.0 Å². The van der Waals surface area contributed by atoms with Crippen molar-refractivity contribution in [3.63, 3.8) is 0 Å². The SMILES string of the molecule is CP(Cl)(Cl)=NC(=O)C(F)(F)F. The van der Waals surface area contributed by atoms with Gasteiger partial charge in [-0.3, -0.25) is 4.79 Å². The molecule has 0 atom stereocenters. The van der Waals surface area contributed by atoms with Gasteiger partial charge < -0.3 is 0 Å². The fourth-order valence-electron chi connectivity index (χ4n) is 0.216. The summed E-state index contributed by atoms with van der Waals surface area (Å²) in [7, 11) is 0. The molecule has 0 rings (SSSR count). The summed E-state index contributed by atoms with van der Waals surface area (Å²) in [5.74, 6) is -5.31. The summed E-state index contributed by atoms with van der Waals surface area (Å²) in [6, 6.07) is 0. The van der Waals surface area contributed by atoms with Crippen LogP contribution in [0.4, 0.5) is 13.2 Å². The minimum atomic E-state index is -4.98. The first-order valence-corrected chi connectivity index (χ1v) is 6.23. The van der Waals surface area contributed by atoms with Crippen LogP contribution >= 0.6 is 28.2 Å². The van der Waals surface area contributed by atoms with Crippen LogP contribution in [0.5, 0.6) is 0 Å². The van der Waals surface area contributed by atoms with Crippen molar-refractivity contribution >= 4 is 34.1 Å². The Bertz CT molecular complexity index is 211. The van der Waals surface area contributed by atoms with Gasteiger partial charge in [-0.15, -0.1) is 0 Å². The second-order valence-electron chi connectivity index (χ2n) is 1.66. The molecule has 0 aromatic carbocycles. The minimum Gasteiger partial charge on any atom is -0.262 e. The van der Waals surface area contributed by atoms with Crippen molar-refractivity contribution in [2.45, 2.75) is 6.18 Å². The predicted octanol–water partition coefficient (Wildman–Crippen LogP) is 3.21. The first-order valence-electron chi connectivity index (χ1n) is 2.23. The summed E-state index contributed by atoms with van der Waals surface area (Å²) in [6.07, 6.45) is -4.98. The molecule has 0 saturated heterocycles. The van der Waals surface area contributed by atoms with Crippen LogP contribution in [0.25, 0.3) is 0 Å². The summed E-state index contributed by atoms with van der Waals surface area (Å²) in [5.41, 5.74) is 0. The van der Waals surface area contributed by atoms with E-state index in [4.69, 9.17) is 22.5 Å². The Hall–Kier alpha value is 0.270. The number of nitrogens with zero attached hydrogens (tertiary/aromatic N) is 1. The molecule has 0 spiro atoms. The number of hydrogen-bond donors (Lipinski definition) is 0. The molecule has 0 saturated carbocycles. The lowest BCUT2D eigenvalue weighted by Crippen LogP contribution is -2.19. The van der Waals surface area contributed by atoms with Crippen LogP contribution in [-0.4, -0.2) is 18.7 Å². The zero-order valence-electron chi connectivity index (χ0n) is 5.19. The zero-order valence-corrected chi connectivity index (χ0v) is 7.60. The van der Waals surface area contributed by atoms with E-state index in [-0.39, 0.29) is 0 Å². The zero-order chi connectivity index (χ0) is 9.28. The summed E-state index contributed by atoms with van der Waals surface area (Å²) in [4.78, 5) is 10.0. The van der Waals surface area contributed by atoms with Gasteiger partial charge in [0.1, 0.15) is 5.76 Å². The average Bonchev–Trinajstić information content (AvgIpc) is 1.56. The summed E-state index contributed by atoms with van der Waals surface area (Å²) >= 11 is 10.2. The van der Waals surface area contributed by atoms with E-state index in [1.807, 2.05) is 0 Å². The maximum Gasteiger partial charge on any atom is 0.473 e. The molecule has 0 N–H and O–H groups in total. The van der Waals surface area contributed by atoms with Crippen LogP contribution in [0.3, 0.4) is 0 Å². The molecule has 11 heavy (non-hydrogen) atoms. The molecule has 0 bridgehead atoms. The molecule has 0 aromatic rings.